The number of halogens is 2. The summed E-state index contributed by atoms with van der Waals surface area (Å²) in [6.07, 6.45) is 1.06. The summed E-state index contributed by atoms with van der Waals surface area (Å²) in [5.74, 6) is -2.52. The Labute approximate surface area is 162 Å². The van der Waals surface area contributed by atoms with Crippen molar-refractivity contribution in [2.75, 3.05) is 33.4 Å². The highest BCUT2D eigenvalue weighted by Gasteiger charge is 2.50. The summed E-state index contributed by atoms with van der Waals surface area (Å²) in [5, 5.41) is 0. The summed E-state index contributed by atoms with van der Waals surface area (Å²) >= 11 is 0. The molecule has 28 heavy (non-hydrogen) atoms. The minimum absolute atomic E-state index is 0.0909. The van der Waals surface area contributed by atoms with E-state index in [1.54, 1.807) is 9.80 Å². The fourth-order valence-corrected chi connectivity index (χ4v) is 4.07. The first kappa shape index (κ1) is 19.0. The summed E-state index contributed by atoms with van der Waals surface area (Å²) in [6, 6.07) is 7.24. The maximum atomic E-state index is 13.8. The third-order valence-corrected chi connectivity index (χ3v) is 5.45. The molecular formula is C20H23F2N3O3. The van der Waals surface area contributed by atoms with Crippen LogP contribution in [0.1, 0.15) is 22.5 Å². The highest BCUT2D eigenvalue weighted by molar-refractivity contribution is 5.98. The van der Waals surface area contributed by atoms with E-state index in [4.69, 9.17) is 9.15 Å². The minimum Gasteiger partial charge on any atom is -0.443 e. The Morgan fingerprint density at radius 1 is 1.39 bits per heavy atom. The van der Waals surface area contributed by atoms with Gasteiger partial charge < -0.3 is 14.1 Å². The van der Waals surface area contributed by atoms with E-state index in [1.165, 1.54) is 13.5 Å². The number of hydrogen-bond acceptors (Lipinski definition) is 5. The number of rotatable bonds is 5. The van der Waals surface area contributed by atoms with Crippen LogP contribution in [0.5, 0.6) is 0 Å². The summed E-state index contributed by atoms with van der Waals surface area (Å²) in [5.41, 5.74) is 2.09. The maximum absolute atomic E-state index is 13.8. The lowest BCUT2D eigenvalue weighted by Crippen LogP contribution is -2.62. The lowest BCUT2D eigenvalue weighted by Gasteiger charge is -2.45. The molecule has 0 radical (unpaired) electrons. The van der Waals surface area contributed by atoms with E-state index >= 15 is 0 Å². The largest absolute Gasteiger partial charge is 0.443 e. The number of methoxy groups -OCH3 is 1. The Kier molecular flexibility index (Phi) is 4.93. The van der Waals surface area contributed by atoms with Crippen LogP contribution in [-0.2, 0) is 4.74 Å². The van der Waals surface area contributed by atoms with Gasteiger partial charge in [-0.25, -0.2) is 13.8 Å². The maximum Gasteiger partial charge on any atom is 0.276 e. The highest BCUT2D eigenvalue weighted by atomic mass is 19.3. The van der Waals surface area contributed by atoms with Crippen LogP contribution in [0.2, 0.25) is 0 Å². The predicted molar refractivity (Wildman–Crippen MR) is 98.3 cm³/mol. The predicted octanol–water partition coefficient (Wildman–Crippen LogP) is 2.83. The number of likely N-dealkylation sites (tertiary alicyclic amines) is 2. The Morgan fingerprint density at radius 2 is 2.18 bits per heavy atom. The smallest absolute Gasteiger partial charge is 0.276 e. The van der Waals surface area contributed by atoms with Crippen molar-refractivity contribution in [3.8, 4) is 11.3 Å². The molecule has 4 rings (SSSR count). The van der Waals surface area contributed by atoms with Crippen LogP contribution in [0.4, 0.5) is 8.78 Å². The number of amides is 1. The number of nitrogens with zero attached hydrogens (tertiary/aromatic N) is 3. The molecule has 2 aliphatic rings. The molecule has 0 N–H and O–H groups in total. The van der Waals surface area contributed by atoms with Gasteiger partial charge in [-0.1, -0.05) is 23.8 Å². The number of hydrogen-bond donors (Lipinski definition) is 0. The number of benzene rings is 1. The van der Waals surface area contributed by atoms with E-state index in [-0.39, 0.29) is 43.3 Å². The van der Waals surface area contributed by atoms with Crippen LogP contribution >= 0.6 is 0 Å². The number of alkyl halides is 2. The van der Waals surface area contributed by atoms with E-state index in [0.717, 1.165) is 11.1 Å². The summed E-state index contributed by atoms with van der Waals surface area (Å²) in [6.45, 7) is 2.74. The minimum atomic E-state index is -2.71. The van der Waals surface area contributed by atoms with Gasteiger partial charge >= 0.3 is 0 Å². The molecule has 2 fully saturated rings. The average Bonchev–Trinajstić information content (AvgIpc) is 3.18. The normalized spacial score (nSPS) is 22.4. The van der Waals surface area contributed by atoms with Crippen molar-refractivity contribution in [1.82, 2.24) is 14.8 Å². The lowest BCUT2D eigenvalue weighted by molar-refractivity contribution is -0.0137. The second kappa shape index (κ2) is 7.25. The van der Waals surface area contributed by atoms with Crippen LogP contribution in [0.3, 0.4) is 0 Å². The van der Waals surface area contributed by atoms with Gasteiger partial charge in [0.25, 0.3) is 11.8 Å². The highest BCUT2D eigenvalue weighted by Crippen LogP contribution is 2.36. The molecule has 0 aliphatic carbocycles. The first-order chi connectivity index (χ1) is 13.4. The molecule has 0 bridgehead atoms. The average molecular weight is 391 g/mol. The number of carbonyl (C=O) groups excluding carboxylic acids is 1. The lowest BCUT2D eigenvalue weighted by atomic mass is 10.0. The van der Waals surface area contributed by atoms with Gasteiger partial charge in [0.2, 0.25) is 0 Å². The van der Waals surface area contributed by atoms with Gasteiger partial charge in [-0.2, -0.15) is 0 Å². The molecule has 2 saturated heterocycles. The quantitative estimate of drug-likeness (QED) is 0.785. The van der Waals surface area contributed by atoms with Gasteiger partial charge in [-0.15, -0.1) is 0 Å². The molecule has 2 aliphatic heterocycles. The Morgan fingerprint density at radius 3 is 2.89 bits per heavy atom. The molecule has 8 heteroatoms. The number of carbonyl (C=O) groups is 1. The zero-order valence-electron chi connectivity index (χ0n) is 15.9. The molecule has 1 unspecified atom stereocenters. The zero-order valence-corrected chi connectivity index (χ0v) is 15.9. The second-order valence-corrected chi connectivity index (χ2v) is 7.61. The first-order valence-electron chi connectivity index (χ1n) is 9.30. The number of ether oxygens (including phenoxy) is 1. The molecule has 1 atom stereocenters. The van der Waals surface area contributed by atoms with Gasteiger partial charge in [0, 0.05) is 44.3 Å². The third-order valence-electron chi connectivity index (χ3n) is 5.45. The van der Waals surface area contributed by atoms with Crippen molar-refractivity contribution in [3.05, 3.63) is 41.9 Å². The van der Waals surface area contributed by atoms with Crippen LogP contribution in [0.25, 0.3) is 11.3 Å². The molecule has 1 aromatic heterocycles. The number of aromatic nitrogens is 1. The van der Waals surface area contributed by atoms with Crippen molar-refractivity contribution in [1.29, 1.82) is 0 Å². The molecule has 0 spiro atoms. The summed E-state index contributed by atoms with van der Waals surface area (Å²) in [7, 11) is 1.52. The van der Waals surface area contributed by atoms with Gasteiger partial charge in [-0.05, 0) is 13.0 Å². The van der Waals surface area contributed by atoms with Gasteiger partial charge in [0.1, 0.15) is 0 Å². The zero-order chi connectivity index (χ0) is 19.9. The Balaban J connectivity index is 1.44. The van der Waals surface area contributed by atoms with E-state index in [9.17, 15) is 13.6 Å². The number of oxazole rings is 1. The molecule has 1 aromatic carbocycles. The van der Waals surface area contributed by atoms with E-state index in [1.807, 2.05) is 31.2 Å². The van der Waals surface area contributed by atoms with Crippen LogP contribution in [-0.4, -0.2) is 72.0 Å². The molecule has 3 heterocycles. The fourth-order valence-electron chi connectivity index (χ4n) is 4.07. The Bertz CT molecular complexity index is 864. The van der Waals surface area contributed by atoms with E-state index in [0.29, 0.717) is 18.8 Å². The number of aryl methyl sites for hydroxylation is 1. The fraction of sp³-hybridized carbons (Fsp3) is 0.500. The van der Waals surface area contributed by atoms with Gasteiger partial charge in [-0.3, -0.25) is 9.69 Å². The van der Waals surface area contributed by atoms with E-state index < -0.39 is 5.92 Å². The van der Waals surface area contributed by atoms with Crippen molar-refractivity contribution in [2.24, 2.45) is 0 Å². The van der Waals surface area contributed by atoms with Crippen LogP contribution in [0, 0.1) is 6.92 Å². The monoisotopic (exact) mass is 391 g/mol. The molecule has 1 amide bonds. The van der Waals surface area contributed by atoms with Gasteiger partial charge in [0.05, 0.1) is 13.2 Å². The SMILES string of the molecule is COCC1CC(F)(F)CN1C1CN(C(=O)c2ncoc2-c2cccc(C)c2)C1. The van der Waals surface area contributed by atoms with Crippen molar-refractivity contribution in [2.45, 2.75) is 31.4 Å². The third kappa shape index (κ3) is 3.54. The second-order valence-electron chi connectivity index (χ2n) is 7.61. The van der Waals surface area contributed by atoms with Crippen LogP contribution < -0.4 is 0 Å². The van der Waals surface area contributed by atoms with Crippen molar-refractivity contribution >= 4 is 5.91 Å². The Hall–Kier alpha value is -2.32. The standard InChI is InChI=1S/C20H23F2N3O3/c1-13-4-3-5-14(6-13)18-17(23-12-28-18)19(26)24-8-16(9-24)25-11-20(21,22)7-15(25)10-27-2/h3-6,12,15-16H,7-11H2,1-2H3. The summed E-state index contributed by atoms with van der Waals surface area (Å²) < 4.78 is 38.2. The summed E-state index contributed by atoms with van der Waals surface area (Å²) in [4.78, 5) is 20.4. The molecule has 150 valence electrons. The molecular weight excluding hydrogens is 368 g/mol. The molecule has 6 nitrogen and oxygen atoms in total. The first-order valence-corrected chi connectivity index (χ1v) is 9.30. The van der Waals surface area contributed by atoms with E-state index in [2.05, 4.69) is 4.98 Å². The van der Waals surface area contributed by atoms with Crippen molar-refractivity contribution < 1.29 is 22.7 Å². The van der Waals surface area contributed by atoms with Crippen LogP contribution in [0.15, 0.2) is 35.1 Å². The van der Waals surface area contributed by atoms with Crippen molar-refractivity contribution in [3.63, 3.8) is 0 Å². The van der Waals surface area contributed by atoms with Gasteiger partial charge in [0.15, 0.2) is 17.8 Å². The molecule has 0 saturated carbocycles. The topological polar surface area (TPSA) is 58.8 Å². The molecule has 2 aromatic rings.